The summed E-state index contributed by atoms with van der Waals surface area (Å²) in [5.41, 5.74) is 0.476. The molecule has 0 fully saturated rings. The molecule has 0 spiro atoms. The van der Waals surface area contributed by atoms with Crippen molar-refractivity contribution in [1.29, 1.82) is 0 Å². The molecular formula is C14H30BrN. The molecular weight excluding hydrogens is 262 g/mol. The Kier molecular flexibility index (Phi) is 8.75. The van der Waals surface area contributed by atoms with Gasteiger partial charge in [-0.3, -0.25) is 0 Å². The van der Waals surface area contributed by atoms with Gasteiger partial charge in [-0.2, -0.15) is 0 Å². The lowest BCUT2D eigenvalue weighted by Crippen LogP contribution is -2.40. The number of alkyl halides is 1. The molecule has 0 aromatic carbocycles. The Hall–Kier alpha value is 0.440. The van der Waals surface area contributed by atoms with E-state index in [9.17, 15) is 0 Å². The minimum absolute atomic E-state index is 0.476. The van der Waals surface area contributed by atoms with Gasteiger partial charge in [0.25, 0.3) is 0 Å². The van der Waals surface area contributed by atoms with Crippen molar-refractivity contribution in [2.45, 2.75) is 53.9 Å². The average molecular weight is 292 g/mol. The van der Waals surface area contributed by atoms with Crippen LogP contribution in [0.25, 0.3) is 0 Å². The van der Waals surface area contributed by atoms with Gasteiger partial charge in [-0.15, -0.1) is 0 Å². The van der Waals surface area contributed by atoms with Gasteiger partial charge in [0.2, 0.25) is 0 Å². The highest BCUT2D eigenvalue weighted by Gasteiger charge is 2.27. The summed E-state index contributed by atoms with van der Waals surface area (Å²) in [6.45, 7) is 15.2. The second-order valence-electron chi connectivity index (χ2n) is 5.18. The van der Waals surface area contributed by atoms with E-state index in [-0.39, 0.29) is 0 Å². The summed E-state index contributed by atoms with van der Waals surface area (Å²) in [6, 6.07) is 0. The van der Waals surface area contributed by atoms with Gasteiger partial charge in [0.05, 0.1) is 0 Å². The molecule has 1 unspecified atom stereocenters. The molecule has 0 amide bonds. The number of halogens is 1. The van der Waals surface area contributed by atoms with Crippen LogP contribution in [0.5, 0.6) is 0 Å². The van der Waals surface area contributed by atoms with E-state index in [1.165, 1.54) is 38.9 Å². The Morgan fingerprint density at radius 3 is 2.00 bits per heavy atom. The highest BCUT2D eigenvalue weighted by Crippen LogP contribution is 2.30. The second kappa shape index (κ2) is 8.52. The van der Waals surface area contributed by atoms with Crippen LogP contribution < -0.4 is 0 Å². The third-order valence-corrected chi connectivity index (χ3v) is 5.25. The van der Waals surface area contributed by atoms with Crippen molar-refractivity contribution >= 4 is 15.9 Å². The first kappa shape index (κ1) is 16.4. The highest BCUT2D eigenvalue weighted by atomic mass is 79.9. The summed E-state index contributed by atoms with van der Waals surface area (Å²) < 4.78 is 0. The molecule has 1 nitrogen and oxygen atoms in total. The van der Waals surface area contributed by atoms with Crippen molar-refractivity contribution in [2.75, 3.05) is 25.0 Å². The Bertz CT molecular complexity index is 158. The largest absolute Gasteiger partial charge is 0.303 e. The molecule has 0 N–H and O–H groups in total. The van der Waals surface area contributed by atoms with Crippen molar-refractivity contribution in [3.63, 3.8) is 0 Å². The summed E-state index contributed by atoms with van der Waals surface area (Å²) in [6.07, 6.45) is 3.83. The first-order valence-electron chi connectivity index (χ1n) is 6.85. The molecule has 0 bridgehead atoms. The monoisotopic (exact) mass is 291 g/mol. The Balaban J connectivity index is 4.37. The fourth-order valence-corrected chi connectivity index (χ4v) is 3.02. The van der Waals surface area contributed by atoms with Crippen molar-refractivity contribution in [3.8, 4) is 0 Å². The molecule has 2 heteroatoms. The van der Waals surface area contributed by atoms with E-state index in [1.807, 2.05) is 0 Å². The van der Waals surface area contributed by atoms with Crippen LogP contribution in [0.2, 0.25) is 0 Å². The van der Waals surface area contributed by atoms with Crippen LogP contribution in [-0.2, 0) is 0 Å². The first-order valence-corrected chi connectivity index (χ1v) is 7.97. The number of nitrogens with zero attached hydrogens (tertiary/aromatic N) is 1. The van der Waals surface area contributed by atoms with Crippen molar-refractivity contribution in [1.82, 2.24) is 4.90 Å². The van der Waals surface area contributed by atoms with Gasteiger partial charge in [-0.1, -0.05) is 57.0 Å². The average Bonchev–Trinajstić information content (AvgIpc) is 2.34. The lowest BCUT2D eigenvalue weighted by molar-refractivity contribution is 0.147. The Morgan fingerprint density at radius 2 is 1.69 bits per heavy atom. The SMILES string of the molecule is CCC(C)CN(CC)CC(CC)(CC)CBr. The molecule has 0 heterocycles. The predicted molar refractivity (Wildman–Crippen MR) is 78.4 cm³/mol. The summed E-state index contributed by atoms with van der Waals surface area (Å²) >= 11 is 3.71. The van der Waals surface area contributed by atoms with Crippen molar-refractivity contribution in [2.24, 2.45) is 11.3 Å². The van der Waals surface area contributed by atoms with E-state index in [0.29, 0.717) is 5.41 Å². The molecule has 16 heavy (non-hydrogen) atoms. The molecule has 0 rings (SSSR count). The Labute approximate surface area is 111 Å². The van der Waals surface area contributed by atoms with Crippen LogP contribution in [0.3, 0.4) is 0 Å². The summed E-state index contributed by atoms with van der Waals surface area (Å²) in [7, 11) is 0. The number of hydrogen-bond acceptors (Lipinski definition) is 1. The molecule has 0 aliphatic rings. The second-order valence-corrected chi connectivity index (χ2v) is 5.74. The normalized spacial score (nSPS) is 14.4. The van der Waals surface area contributed by atoms with E-state index in [4.69, 9.17) is 0 Å². The maximum atomic E-state index is 3.71. The van der Waals surface area contributed by atoms with E-state index < -0.39 is 0 Å². The van der Waals surface area contributed by atoms with Gasteiger partial charge >= 0.3 is 0 Å². The molecule has 1 atom stereocenters. The maximum absolute atomic E-state index is 3.71. The van der Waals surface area contributed by atoms with Crippen LogP contribution in [0.4, 0.5) is 0 Å². The summed E-state index contributed by atoms with van der Waals surface area (Å²) in [5, 5.41) is 1.13. The zero-order chi connectivity index (χ0) is 12.6. The predicted octanol–water partition coefficient (Wildman–Crippen LogP) is 4.56. The van der Waals surface area contributed by atoms with Gasteiger partial charge in [0, 0.05) is 18.4 Å². The van der Waals surface area contributed by atoms with Crippen LogP contribution in [0, 0.1) is 11.3 Å². The van der Waals surface area contributed by atoms with Gasteiger partial charge in [0.1, 0.15) is 0 Å². The van der Waals surface area contributed by atoms with E-state index in [0.717, 1.165) is 11.2 Å². The van der Waals surface area contributed by atoms with Crippen molar-refractivity contribution in [3.05, 3.63) is 0 Å². The summed E-state index contributed by atoms with van der Waals surface area (Å²) in [4.78, 5) is 2.63. The quantitative estimate of drug-likeness (QED) is 0.563. The molecule has 98 valence electrons. The zero-order valence-electron chi connectivity index (χ0n) is 11.9. The molecule has 0 aromatic rings. The molecule has 0 saturated heterocycles. The standard InChI is InChI=1S/C14H30BrN/c1-6-13(5)10-16(9-4)12-14(7-2,8-3)11-15/h13H,6-12H2,1-5H3. The third kappa shape index (κ3) is 5.18. The minimum Gasteiger partial charge on any atom is -0.303 e. The van der Waals surface area contributed by atoms with E-state index in [1.54, 1.807) is 0 Å². The lowest BCUT2D eigenvalue weighted by atomic mass is 9.84. The van der Waals surface area contributed by atoms with Crippen LogP contribution in [0.1, 0.15) is 53.9 Å². The molecule has 0 aromatic heterocycles. The van der Waals surface area contributed by atoms with Gasteiger partial charge in [0.15, 0.2) is 0 Å². The Morgan fingerprint density at radius 1 is 1.12 bits per heavy atom. The molecule has 0 radical (unpaired) electrons. The molecule has 0 saturated carbocycles. The van der Waals surface area contributed by atoms with Crippen LogP contribution in [-0.4, -0.2) is 29.9 Å². The number of hydrogen-bond donors (Lipinski definition) is 0. The van der Waals surface area contributed by atoms with E-state index in [2.05, 4.69) is 55.4 Å². The van der Waals surface area contributed by atoms with Crippen molar-refractivity contribution < 1.29 is 0 Å². The van der Waals surface area contributed by atoms with Gasteiger partial charge in [-0.25, -0.2) is 0 Å². The van der Waals surface area contributed by atoms with Crippen LogP contribution in [0.15, 0.2) is 0 Å². The maximum Gasteiger partial charge on any atom is 0.01000 e. The third-order valence-electron chi connectivity index (χ3n) is 4.06. The highest BCUT2D eigenvalue weighted by molar-refractivity contribution is 9.09. The fraction of sp³-hybridized carbons (Fsp3) is 1.00. The lowest BCUT2D eigenvalue weighted by Gasteiger charge is -2.36. The smallest absolute Gasteiger partial charge is 0.01000 e. The first-order chi connectivity index (χ1) is 7.57. The fourth-order valence-electron chi connectivity index (χ4n) is 2.05. The van der Waals surface area contributed by atoms with Crippen LogP contribution >= 0.6 is 15.9 Å². The molecule has 0 aliphatic carbocycles. The van der Waals surface area contributed by atoms with Gasteiger partial charge in [-0.05, 0) is 30.7 Å². The minimum atomic E-state index is 0.476. The zero-order valence-corrected chi connectivity index (χ0v) is 13.4. The topological polar surface area (TPSA) is 3.24 Å². The molecule has 0 aliphatic heterocycles. The van der Waals surface area contributed by atoms with Gasteiger partial charge < -0.3 is 4.90 Å². The number of rotatable bonds is 9. The van der Waals surface area contributed by atoms with E-state index >= 15 is 0 Å². The summed E-state index contributed by atoms with van der Waals surface area (Å²) in [5.74, 6) is 0.821.